The van der Waals surface area contributed by atoms with Crippen molar-refractivity contribution in [3.05, 3.63) is 70.8 Å². The minimum atomic E-state index is -4.60. The molecule has 0 aromatic heterocycles. The molecule has 2 aromatic carbocycles. The normalized spacial score (nSPS) is 14.1. The van der Waals surface area contributed by atoms with Crippen molar-refractivity contribution in [2.24, 2.45) is 5.73 Å². The molecule has 0 spiro atoms. The summed E-state index contributed by atoms with van der Waals surface area (Å²) in [4.78, 5) is 0. The Bertz CT molecular complexity index is 905. The van der Waals surface area contributed by atoms with Gasteiger partial charge >= 0.3 is 14.9 Å². The second kappa shape index (κ2) is 11.4. The van der Waals surface area contributed by atoms with E-state index in [-0.39, 0.29) is 24.5 Å². The molecule has 0 saturated carbocycles. The second-order valence-electron chi connectivity index (χ2n) is 7.27. The van der Waals surface area contributed by atoms with Crippen LogP contribution in [0.1, 0.15) is 28.7 Å². The first-order chi connectivity index (χ1) is 14.7. The lowest BCUT2D eigenvalue weighted by molar-refractivity contribution is -0.139. The average Bonchev–Trinajstić information content (AvgIpc) is 2.73. The van der Waals surface area contributed by atoms with E-state index in [0.29, 0.717) is 12.8 Å². The van der Waals surface area contributed by atoms with Gasteiger partial charge in [-0.3, -0.25) is 4.52 Å². The average molecular weight is 455 g/mol. The van der Waals surface area contributed by atoms with Gasteiger partial charge in [0, 0.05) is 0 Å². The van der Waals surface area contributed by atoms with E-state index in [2.05, 4.69) is 4.52 Å². The van der Waals surface area contributed by atoms with E-state index in [0.717, 1.165) is 17.2 Å². The summed E-state index contributed by atoms with van der Waals surface area (Å²) >= 11 is 0. The van der Waals surface area contributed by atoms with Gasteiger partial charge in [-0.2, -0.15) is 13.2 Å². The van der Waals surface area contributed by atoms with Crippen LogP contribution in [0.15, 0.2) is 48.5 Å². The maximum atomic E-state index is 13.5. The lowest BCUT2D eigenvalue weighted by atomic mass is 10.0. The number of hydrogen-bond acceptors (Lipinski definition) is 5. The number of alkyl halides is 3. The topological polar surface area (TPSA) is 81.8 Å². The molecule has 2 rings (SSSR count). The number of ether oxygens (including phenoxy) is 1. The predicted molar refractivity (Wildman–Crippen MR) is 113 cm³/mol. The molecule has 0 heterocycles. The van der Waals surface area contributed by atoms with Crippen LogP contribution in [0.2, 0.25) is 0 Å². The van der Waals surface area contributed by atoms with E-state index in [1.54, 1.807) is 0 Å². The van der Waals surface area contributed by atoms with Crippen LogP contribution in [0.25, 0.3) is 6.08 Å². The molecule has 9 heteroatoms. The maximum absolute atomic E-state index is 13.5. The van der Waals surface area contributed by atoms with Gasteiger partial charge in [-0.1, -0.05) is 48.0 Å². The zero-order valence-corrected chi connectivity index (χ0v) is 18.0. The van der Waals surface area contributed by atoms with E-state index in [1.807, 2.05) is 31.2 Å². The summed E-state index contributed by atoms with van der Waals surface area (Å²) in [7, 11) is -0.608. The molecule has 0 aliphatic rings. The molecule has 31 heavy (non-hydrogen) atoms. The minimum Gasteiger partial charge on any atom is -0.493 e. The van der Waals surface area contributed by atoms with Crippen molar-refractivity contribution in [1.29, 1.82) is 0 Å². The van der Waals surface area contributed by atoms with Gasteiger partial charge in [0.1, 0.15) is 5.75 Å². The van der Waals surface area contributed by atoms with Crippen molar-refractivity contribution in [3.63, 3.8) is 0 Å². The van der Waals surface area contributed by atoms with Crippen molar-refractivity contribution in [1.82, 2.24) is 0 Å². The number of hydrogen-bond donors (Lipinski definition) is 2. The molecule has 0 aliphatic carbocycles. The number of rotatable bonds is 11. The van der Waals surface area contributed by atoms with E-state index in [9.17, 15) is 22.8 Å². The summed E-state index contributed by atoms with van der Waals surface area (Å²) in [6.07, 6.45) is -0.659. The molecule has 0 amide bonds. The maximum Gasteiger partial charge on any atom is 0.419 e. The van der Waals surface area contributed by atoms with E-state index < -0.39 is 32.6 Å². The highest BCUT2D eigenvalue weighted by molar-refractivity contribution is 7.17. The SMILES string of the molecule is Cc1cccc(CCCOc2ccc(C=CC(N)(CO)COP=O)cc2C(F)(F)F)c1. The van der Waals surface area contributed by atoms with Crippen LogP contribution in [0.4, 0.5) is 13.2 Å². The Morgan fingerprint density at radius 2 is 1.97 bits per heavy atom. The third-order valence-corrected chi connectivity index (χ3v) is 4.78. The van der Waals surface area contributed by atoms with Gasteiger partial charge in [0.05, 0.1) is 30.9 Å². The number of nitrogens with two attached hydrogens (primary N) is 1. The molecule has 1 atom stereocenters. The van der Waals surface area contributed by atoms with Crippen LogP contribution in [0, 0.1) is 6.92 Å². The highest BCUT2D eigenvalue weighted by atomic mass is 31.1. The third-order valence-electron chi connectivity index (χ3n) is 4.55. The smallest absolute Gasteiger partial charge is 0.419 e. The molecule has 2 aromatic rings. The quantitative estimate of drug-likeness (QED) is 0.370. The van der Waals surface area contributed by atoms with Gasteiger partial charge in [-0.05, 0) is 43.0 Å². The molecular formula is C22H25F3NO4P. The summed E-state index contributed by atoms with van der Waals surface area (Å²) in [6.45, 7) is 1.33. The largest absolute Gasteiger partial charge is 0.493 e. The van der Waals surface area contributed by atoms with E-state index in [1.165, 1.54) is 24.3 Å². The molecule has 168 valence electrons. The highest BCUT2D eigenvalue weighted by Crippen LogP contribution is 2.37. The Morgan fingerprint density at radius 1 is 1.19 bits per heavy atom. The zero-order valence-electron chi connectivity index (χ0n) is 17.1. The molecule has 0 saturated heterocycles. The Hall–Kier alpha value is -2.25. The number of halogens is 3. The van der Waals surface area contributed by atoms with Crippen molar-refractivity contribution in [2.75, 3.05) is 19.8 Å². The van der Waals surface area contributed by atoms with E-state index in [4.69, 9.17) is 10.5 Å². The fourth-order valence-corrected chi connectivity index (χ4v) is 3.17. The van der Waals surface area contributed by atoms with Gasteiger partial charge in [-0.25, -0.2) is 4.57 Å². The van der Waals surface area contributed by atoms with Crippen LogP contribution in [0.5, 0.6) is 5.75 Å². The predicted octanol–water partition coefficient (Wildman–Crippen LogP) is 4.95. The molecule has 5 nitrogen and oxygen atoms in total. The molecular weight excluding hydrogens is 430 g/mol. The Morgan fingerprint density at radius 3 is 2.61 bits per heavy atom. The summed E-state index contributed by atoms with van der Waals surface area (Å²) in [5, 5.41) is 9.37. The third kappa shape index (κ3) is 8.07. The first kappa shape index (κ1) is 25.0. The summed E-state index contributed by atoms with van der Waals surface area (Å²) < 4.78 is 61.1. The fourth-order valence-electron chi connectivity index (χ4n) is 2.88. The zero-order chi connectivity index (χ0) is 22.9. The molecule has 0 fully saturated rings. The van der Waals surface area contributed by atoms with Gasteiger partial charge in [0.25, 0.3) is 0 Å². The molecule has 0 bridgehead atoms. The standard InChI is InChI=1S/C22H25F3NO4P/c1-16-4-2-5-17(12-16)6-3-11-29-20-8-7-18(13-19(20)22(23,24)25)9-10-21(26,14-27)15-30-31-28/h2,4-5,7-10,12-13,27H,3,6,11,14-15,26H2,1H3. The van der Waals surface area contributed by atoms with Crippen molar-refractivity contribution in [3.8, 4) is 5.75 Å². The van der Waals surface area contributed by atoms with Gasteiger partial charge in [0.2, 0.25) is 0 Å². The lowest BCUT2D eigenvalue weighted by Gasteiger charge is -2.21. The van der Waals surface area contributed by atoms with Crippen molar-refractivity contribution < 1.29 is 32.1 Å². The van der Waals surface area contributed by atoms with Gasteiger partial charge in [-0.15, -0.1) is 0 Å². The van der Waals surface area contributed by atoms with Crippen LogP contribution >= 0.6 is 8.69 Å². The second-order valence-corrected chi connectivity index (χ2v) is 7.67. The monoisotopic (exact) mass is 455 g/mol. The molecule has 1 unspecified atom stereocenters. The van der Waals surface area contributed by atoms with E-state index >= 15 is 0 Å². The van der Waals surface area contributed by atoms with Gasteiger partial charge < -0.3 is 15.6 Å². The number of aryl methyl sites for hydroxylation is 2. The molecule has 0 radical (unpaired) electrons. The summed E-state index contributed by atoms with van der Waals surface area (Å²) in [5.74, 6) is -0.247. The van der Waals surface area contributed by atoms with Crippen LogP contribution < -0.4 is 10.5 Å². The van der Waals surface area contributed by atoms with Crippen LogP contribution in [-0.2, 0) is 21.7 Å². The van der Waals surface area contributed by atoms with Crippen LogP contribution in [-0.4, -0.2) is 30.5 Å². The molecule has 3 N–H and O–H groups in total. The number of benzene rings is 2. The van der Waals surface area contributed by atoms with Gasteiger partial charge in [0.15, 0.2) is 0 Å². The first-order valence-corrected chi connectivity index (χ1v) is 10.3. The Labute approximate surface area is 181 Å². The van der Waals surface area contributed by atoms with Crippen molar-refractivity contribution in [2.45, 2.75) is 31.5 Å². The fraction of sp³-hybridized carbons (Fsp3) is 0.364. The lowest BCUT2D eigenvalue weighted by Crippen LogP contribution is -2.45. The van der Waals surface area contributed by atoms with Crippen LogP contribution in [0.3, 0.4) is 0 Å². The molecule has 0 aliphatic heterocycles. The Kier molecular flexibility index (Phi) is 9.19. The minimum absolute atomic E-state index is 0.147. The highest BCUT2D eigenvalue weighted by Gasteiger charge is 2.34. The van der Waals surface area contributed by atoms with Crippen molar-refractivity contribution >= 4 is 14.8 Å². The summed E-state index contributed by atoms with van der Waals surface area (Å²) in [6, 6.07) is 11.6. The first-order valence-electron chi connectivity index (χ1n) is 9.60. The Balaban J connectivity index is 2.08. The number of aliphatic hydroxyl groups is 1. The number of aliphatic hydroxyl groups excluding tert-OH is 1. The summed E-state index contributed by atoms with van der Waals surface area (Å²) in [5.41, 5.74) is 6.06.